The number of carbonyl (C=O) groups is 1. The molecule has 164 valence electrons. The molecule has 8 heteroatoms. The maximum atomic E-state index is 13.2. The Morgan fingerprint density at radius 2 is 1.94 bits per heavy atom. The Balaban J connectivity index is 1.63. The van der Waals surface area contributed by atoms with Crippen molar-refractivity contribution >= 4 is 29.0 Å². The minimum Gasteiger partial charge on any atom is -0.481 e. The van der Waals surface area contributed by atoms with Gasteiger partial charge in [-0.15, -0.1) is 0 Å². The molecule has 32 heavy (non-hydrogen) atoms. The third kappa shape index (κ3) is 5.09. The average Bonchev–Trinajstić information content (AvgIpc) is 3.14. The van der Waals surface area contributed by atoms with Crippen LogP contribution >= 0.6 is 11.9 Å². The lowest BCUT2D eigenvalue weighted by Crippen LogP contribution is -2.11. The van der Waals surface area contributed by atoms with E-state index in [-0.39, 0.29) is 5.82 Å². The first kappa shape index (κ1) is 21.9. The first-order chi connectivity index (χ1) is 15.4. The Morgan fingerprint density at radius 3 is 2.69 bits per heavy atom. The number of benzene rings is 3. The molecular weight excluding hydrogens is 429 g/mol. The van der Waals surface area contributed by atoms with E-state index in [9.17, 15) is 9.18 Å². The molecule has 4 rings (SSSR count). The fourth-order valence-corrected chi connectivity index (χ4v) is 4.26. The molecule has 1 N–H and O–H groups in total. The lowest BCUT2D eigenvalue weighted by atomic mass is 10.0. The Morgan fingerprint density at radius 1 is 1.16 bits per heavy atom. The van der Waals surface area contributed by atoms with Crippen LogP contribution in [0, 0.1) is 5.82 Å². The molecule has 0 spiro atoms. The summed E-state index contributed by atoms with van der Waals surface area (Å²) in [5.41, 5.74) is 4.62. The molecule has 0 bridgehead atoms. The van der Waals surface area contributed by atoms with E-state index in [4.69, 9.17) is 9.84 Å². The lowest BCUT2D eigenvalue weighted by Gasteiger charge is -2.18. The standard InChI is InChI=1S/C24H22FN3O3S/c1-27-15-26-21-9-4-17(12-22(21)27)20-11-16(3-10-23(20)31-14-24(29)30)13-28(2)32-19-7-5-18(25)6-8-19/h3-12,15H,13-14H2,1-2H3,(H,29,30). The van der Waals surface area contributed by atoms with Gasteiger partial charge in [0.2, 0.25) is 0 Å². The van der Waals surface area contributed by atoms with Crippen molar-refractivity contribution in [3.05, 3.63) is 78.4 Å². The second-order valence-electron chi connectivity index (χ2n) is 7.40. The summed E-state index contributed by atoms with van der Waals surface area (Å²) in [4.78, 5) is 16.3. The van der Waals surface area contributed by atoms with Crippen molar-refractivity contribution in [2.24, 2.45) is 7.05 Å². The van der Waals surface area contributed by atoms with E-state index < -0.39 is 12.6 Å². The van der Waals surface area contributed by atoms with Crippen LogP contribution < -0.4 is 4.74 Å². The van der Waals surface area contributed by atoms with Crippen molar-refractivity contribution < 1.29 is 19.0 Å². The summed E-state index contributed by atoms with van der Waals surface area (Å²) in [6.45, 7) is 0.211. The minimum absolute atomic E-state index is 0.260. The van der Waals surface area contributed by atoms with Crippen LogP contribution in [0.25, 0.3) is 22.2 Å². The second-order valence-corrected chi connectivity index (χ2v) is 8.68. The van der Waals surface area contributed by atoms with Crippen molar-refractivity contribution in [2.45, 2.75) is 11.4 Å². The van der Waals surface area contributed by atoms with E-state index in [1.165, 1.54) is 24.1 Å². The molecule has 0 aliphatic heterocycles. The highest BCUT2D eigenvalue weighted by Crippen LogP contribution is 2.34. The summed E-state index contributed by atoms with van der Waals surface area (Å²) in [6.07, 6.45) is 1.76. The molecule has 0 atom stereocenters. The van der Waals surface area contributed by atoms with Gasteiger partial charge in [0.15, 0.2) is 6.61 Å². The lowest BCUT2D eigenvalue weighted by molar-refractivity contribution is -0.139. The van der Waals surface area contributed by atoms with E-state index in [0.29, 0.717) is 12.3 Å². The summed E-state index contributed by atoms with van der Waals surface area (Å²) in [5, 5.41) is 9.05. The van der Waals surface area contributed by atoms with Gasteiger partial charge in [-0.2, -0.15) is 0 Å². The number of imidazole rings is 1. The number of halogens is 1. The zero-order valence-corrected chi connectivity index (χ0v) is 18.5. The smallest absolute Gasteiger partial charge is 0.341 e. The minimum atomic E-state index is -1.03. The van der Waals surface area contributed by atoms with Gasteiger partial charge in [-0.25, -0.2) is 18.5 Å². The predicted molar refractivity (Wildman–Crippen MR) is 123 cm³/mol. The van der Waals surface area contributed by atoms with Gasteiger partial charge in [-0.1, -0.05) is 12.1 Å². The maximum absolute atomic E-state index is 13.2. The summed E-state index contributed by atoms with van der Waals surface area (Å²) >= 11 is 1.52. The van der Waals surface area contributed by atoms with Gasteiger partial charge >= 0.3 is 5.97 Å². The number of ether oxygens (including phenoxy) is 1. The number of nitrogens with zero attached hydrogens (tertiary/aromatic N) is 3. The van der Waals surface area contributed by atoms with Crippen molar-refractivity contribution in [1.82, 2.24) is 13.9 Å². The predicted octanol–water partition coefficient (Wildman–Crippen LogP) is 4.98. The summed E-state index contributed by atoms with van der Waals surface area (Å²) in [6, 6.07) is 18.0. The second kappa shape index (κ2) is 9.42. The molecular formula is C24H22FN3O3S. The Labute approximate surface area is 189 Å². The van der Waals surface area contributed by atoms with Crippen LogP contribution in [0.5, 0.6) is 5.75 Å². The van der Waals surface area contributed by atoms with Gasteiger partial charge in [0.05, 0.1) is 17.4 Å². The largest absolute Gasteiger partial charge is 0.481 e. The summed E-state index contributed by atoms with van der Waals surface area (Å²) in [5.74, 6) is -0.784. The highest BCUT2D eigenvalue weighted by molar-refractivity contribution is 7.97. The van der Waals surface area contributed by atoms with Gasteiger partial charge in [-0.05, 0) is 78.7 Å². The molecule has 1 aromatic heterocycles. The van der Waals surface area contributed by atoms with E-state index in [1.807, 2.05) is 49.0 Å². The number of aliphatic carboxylic acids is 1. The quantitative estimate of drug-likeness (QED) is 0.381. The number of rotatable bonds is 8. The molecule has 0 amide bonds. The number of carboxylic acid groups (broad SMARTS) is 1. The summed E-state index contributed by atoms with van der Waals surface area (Å²) in [7, 11) is 3.89. The van der Waals surface area contributed by atoms with E-state index >= 15 is 0 Å². The van der Waals surface area contributed by atoms with Crippen LogP contribution in [0.1, 0.15) is 5.56 Å². The normalized spacial score (nSPS) is 11.2. The van der Waals surface area contributed by atoms with E-state index in [0.717, 1.165) is 32.6 Å². The molecule has 3 aromatic carbocycles. The molecule has 0 aliphatic rings. The number of aromatic nitrogens is 2. The van der Waals surface area contributed by atoms with E-state index in [1.54, 1.807) is 24.5 Å². The molecule has 6 nitrogen and oxygen atoms in total. The number of hydrogen-bond donors (Lipinski definition) is 1. The van der Waals surface area contributed by atoms with E-state index in [2.05, 4.69) is 9.29 Å². The molecule has 0 unspecified atom stereocenters. The Bertz CT molecular complexity index is 1260. The van der Waals surface area contributed by atoms with Crippen molar-refractivity contribution in [1.29, 1.82) is 0 Å². The van der Waals surface area contributed by atoms with Crippen molar-refractivity contribution in [2.75, 3.05) is 13.7 Å². The monoisotopic (exact) mass is 451 g/mol. The fraction of sp³-hybridized carbons (Fsp3) is 0.167. The average molecular weight is 452 g/mol. The van der Waals surface area contributed by atoms with Crippen LogP contribution in [0.3, 0.4) is 0 Å². The summed E-state index contributed by atoms with van der Waals surface area (Å²) < 4.78 is 22.7. The molecule has 4 aromatic rings. The highest BCUT2D eigenvalue weighted by atomic mass is 32.2. The Hall–Kier alpha value is -3.36. The fourth-order valence-electron chi connectivity index (χ4n) is 3.42. The van der Waals surface area contributed by atoms with Crippen LogP contribution in [0.4, 0.5) is 4.39 Å². The highest BCUT2D eigenvalue weighted by Gasteiger charge is 2.13. The third-order valence-electron chi connectivity index (χ3n) is 4.91. The van der Waals surface area contributed by atoms with Crippen LogP contribution in [0.15, 0.2) is 71.9 Å². The molecule has 1 heterocycles. The van der Waals surface area contributed by atoms with Gasteiger partial charge in [0.25, 0.3) is 0 Å². The molecule has 0 aliphatic carbocycles. The van der Waals surface area contributed by atoms with Crippen molar-refractivity contribution in [3.63, 3.8) is 0 Å². The molecule has 0 fully saturated rings. The topological polar surface area (TPSA) is 67.6 Å². The number of hydrogen-bond acceptors (Lipinski definition) is 5. The van der Waals surface area contributed by atoms with Gasteiger partial charge < -0.3 is 14.4 Å². The Kier molecular flexibility index (Phi) is 6.43. The van der Waals surface area contributed by atoms with Crippen molar-refractivity contribution in [3.8, 4) is 16.9 Å². The zero-order valence-electron chi connectivity index (χ0n) is 17.7. The van der Waals surface area contributed by atoms with Crippen LogP contribution in [-0.4, -0.2) is 38.6 Å². The molecule has 0 saturated heterocycles. The third-order valence-corrected chi connectivity index (χ3v) is 5.84. The van der Waals surface area contributed by atoms with Crippen LogP contribution in [0.2, 0.25) is 0 Å². The number of carboxylic acids is 1. The van der Waals surface area contributed by atoms with Gasteiger partial charge in [-0.3, -0.25) is 0 Å². The van der Waals surface area contributed by atoms with Crippen LogP contribution in [-0.2, 0) is 18.4 Å². The zero-order chi connectivity index (χ0) is 22.7. The SMILES string of the molecule is CN(Cc1ccc(OCC(=O)O)c(-c2ccc3ncn(C)c3c2)c1)Sc1ccc(F)cc1. The first-order valence-electron chi connectivity index (χ1n) is 9.93. The molecule has 0 saturated carbocycles. The molecule has 0 radical (unpaired) electrons. The number of fused-ring (bicyclic) bond motifs is 1. The maximum Gasteiger partial charge on any atom is 0.341 e. The first-order valence-corrected chi connectivity index (χ1v) is 10.7. The van der Waals surface area contributed by atoms with Gasteiger partial charge in [0, 0.05) is 24.1 Å². The number of aryl methyl sites for hydroxylation is 1. The van der Waals surface area contributed by atoms with Gasteiger partial charge in [0.1, 0.15) is 11.6 Å².